The lowest BCUT2D eigenvalue weighted by atomic mass is 9.89. The van der Waals surface area contributed by atoms with Crippen molar-refractivity contribution in [3.8, 4) is 22.5 Å². The predicted molar refractivity (Wildman–Crippen MR) is 127 cm³/mol. The van der Waals surface area contributed by atoms with E-state index in [2.05, 4.69) is 37.3 Å². The number of nitrogens with one attached hydrogen (secondary N) is 1. The maximum absolute atomic E-state index is 14.8. The van der Waals surface area contributed by atoms with E-state index in [1.165, 1.54) is 38.5 Å². The molecule has 0 bridgehead atoms. The Bertz CT molecular complexity index is 1260. The molecule has 7 heteroatoms. The zero-order chi connectivity index (χ0) is 22.2. The van der Waals surface area contributed by atoms with Gasteiger partial charge in [0.25, 0.3) is 0 Å². The van der Waals surface area contributed by atoms with Gasteiger partial charge in [-0.15, -0.1) is 0 Å². The molecule has 1 saturated heterocycles. The number of halogens is 1. The van der Waals surface area contributed by atoms with Crippen LogP contribution >= 0.6 is 0 Å². The number of aromatic nitrogens is 4. The highest BCUT2D eigenvalue weighted by atomic mass is 19.1. The van der Waals surface area contributed by atoms with E-state index in [4.69, 9.17) is 0 Å². The molecule has 0 atom stereocenters. The van der Waals surface area contributed by atoms with Crippen LogP contribution in [0.1, 0.15) is 32.1 Å². The number of hydrogen-bond acceptors (Lipinski definition) is 5. The Kier molecular flexibility index (Phi) is 5.26. The summed E-state index contributed by atoms with van der Waals surface area (Å²) in [7, 11) is 0. The summed E-state index contributed by atoms with van der Waals surface area (Å²) in [5.74, 6) is 0.0296. The predicted octanol–water partition coefficient (Wildman–Crippen LogP) is 5.03. The first-order valence-corrected chi connectivity index (χ1v) is 11.8. The average Bonchev–Trinajstić information content (AvgIpc) is 3.24. The summed E-state index contributed by atoms with van der Waals surface area (Å²) in [6.45, 7) is 2.50. The standard InChI is InChI=1S/C26H27FN6/c27-22-15-29-26(30-20-8-10-21(11-9-20)32-13-4-14-32)31-25(22)23-16-28-24-12-7-19(17-33(23)24)18-5-2-1-3-6-18/h1-3,5-7,12,15-17,20-21H,4,8-11,13-14H2,(H,29,30,31)/t20-,21-. The second-order valence-electron chi connectivity index (χ2n) is 9.08. The van der Waals surface area contributed by atoms with Crippen LogP contribution in [0.5, 0.6) is 0 Å². The quantitative estimate of drug-likeness (QED) is 0.470. The van der Waals surface area contributed by atoms with Gasteiger partial charge in [-0.3, -0.25) is 4.40 Å². The Labute approximate surface area is 192 Å². The first-order valence-electron chi connectivity index (χ1n) is 11.8. The fourth-order valence-electron chi connectivity index (χ4n) is 5.05. The summed E-state index contributed by atoms with van der Waals surface area (Å²) in [5, 5.41) is 3.45. The smallest absolute Gasteiger partial charge is 0.223 e. The van der Waals surface area contributed by atoms with E-state index in [0.717, 1.165) is 35.7 Å². The Balaban J connectivity index is 1.26. The van der Waals surface area contributed by atoms with Crippen molar-refractivity contribution in [1.29, 1.82) is 0 Å². The van der Waals surface area contributed by atoms with Gasteiger partial charge in [-0.25, -0.2) is 19.3 Å². The van der Waals surface area contributed by atoms with Gasteiger partial charge < -0.3 is 10.2 Å². The molecule has 2 aliphatic rings. The monoisotopic (exact) mass is 442 g/mol. The van der Waals surface area contributed by atoms with Crippen molar-refractivity contribution < 1.29 is 4.39 Å². The number of nitrogens with zero attached hydrogens (tertiary/aromatic N) is 5. The van der Waals surface area contributed by atoms with Gasteiger partial charge >= 0.3 is 0 Å². The molecule has 1 N–H and O–H groups in total. The van der Waals surface area contributed by atoms with Gasteiger partial charge in [0.2, 0.25) is 5.95 Å². The fourth-order valence-corrected chi connectivity index (χ4v) is 5.05. The number of hydrogen-bond donors (Lipinski definition) is 1. The molecule has 0 amide bonds. The van der Waals surface area contributed by atoms with Crippen molar-refractivity contribution in [2.24, 2.45) is 0 Å². The lowest BCUT2D eigenvalue weighted by Crippen LogP contribution is -2.47. The molecule has 1 aromatic carbocycles. The molecule has 2 fully saturated rings. The zero-order valence-corrected chi connectivity index (χ0v) is 18.5. The van der Waals surface area contributed by atoms with Crippen molar-refractivity contribution in [3.63, 3.8) is 0 Å². The van der Waals surface area contributed by atoms with E-state index >= 15 is 0 Å². The molecular formula is C26H27FN6. The van der Waals surface area contributed by atoms with E-state index in [-0.39, 0.29) is 5.69 Å². The maximum Gasteiger partial charge on any atom is 0.223 e. The van der Waals surface area contributed by atoms with E-state index < -0.39 is 5.82 Å². The number of pyridine rings is 1. The van der Waals surface area contributed by atoms with E-state index in [9.17, 15) is 4.39 Å². The third kappa shape index (κ3) is 3.97. The molecule has 33 heavy (non-hydrogen) atoms. The number of fused-ring (bicyclic) bond motifs is 1. The Morgan fingerprint density at radius 2 is 1.70 bits per heavy atom. The van der Waals surface area contributed by atoms with Crippen LogP contribution in [-0.2, 0) is 0 Å². The van der Waals surface area contributed by atoms with Crippen LogP contribution in [0.2, 0.25) is 0 Å². The molecule has 4 aromatic rings. The van der Waals surface area contributed by atoms with Gasteiger partial charge in [-0.2, -0.15) is 0 Å². The van der Waals surface area contributed by atoms with Gasteiger partial charge in [-0.05, 0) is 68.5 Å². The summed E-state index contributed by atoms with van der Waals surface area (Å²) in [6, 6.07) is 15.1. The molecule has 1 aliphatic heterocycles. The zero-order valence-electron chi connectivity index (χ0n) is 18.5. The van der Waals surface area contributed by atoms with Crippen LogP contribution in [0.3, 0.4) is 0 Å². The molecule has 3 aromatic heterocycles. The van der Waals surface area contributed by atoms with Crippen LogP contribution in [0.4, 0.5) is 10.3 Å². The van der Waals surface area contributed by atoms with Crippen LogP contribution in [0, 0.1) is 5.82 Å². The van der Waals surface area contributed by atoms with E-state index in [1.807, 2.05) is 40.9 Å². The molecule has 4 heterocycles. The second kappa shape index (κ2) is 8.56. The summed E-state index contributed by atoms with van der Waals surface area (Å²) >= 11 is 0. The number of likely N-dealkylation sites (tertiary alicyclic amines) is 1. The first kappa shape index (κ1) is 20.3. The molecule has 1 aliphatic carbocycles. The lowest BCUT2D eigenvalue weighted by molar-refractivity contribution is 0.0888. The van der Waals surface area contributed by atoms with Crippen LogP contribution in [-0.4, -0.2) is 49.4 Å². The molecular weight excluding hydrogens is 415 g/mol. The molecule has 0 unspecified atom stereocenters. The molecule has 0 radical (unpaired) electrons. The normalized spacial score (nSPS) is 21.1. The highest BCUT2D eigenvalue weighted by molar-refractivity contribution is 5.68. The minimum atomic E-state index is -0.450. The van der Waals surface area contributed by atoms with Crippen LogP contribution in [0.25, 0.3) is 28.2 Å². The van der Waals surface area contributed by atoms with Crippen LogP contribution < -0.4 is 5.32 Å². The highest BCUT2D eigenvalue weighted by Crippen LogP contribution is 2.29. The second-order valence-corrected chi connectivity index (χ2v) is 9.08. The molecule has 1 saturated carbocycles. The summed E-state index contributed by atoms with van der Waals surface area (Å²) in [5.41, 5.74) is 3.76. The third-order valence-corrected chi connectivity index (χ3v) is 7.04. The van der Waals surface area contributed by atoms with Crippen LogP contribution in [0.15, 0.2) is 61.1 Å². The third-order valence-electron chi connectivity index (χ3n) is 7.04. The fraction of sp³-hybridized carbons (Fsp3) is 0.346. The minimum Gasteiger partial charge on any atom is -0.351 e. The van der Waals surface area contributed by atoms with Gasteiger partial charge in [-0.1, -0.05) is 30.3 Å². The van der Waals surface area contributed by atoms with E-state index in [0.29, 0.717) is 17.7 Å². The molecule has 168 valence electrons. The number of anilines is 1. The summed E-state index contributed by atoms with van der Waals surface area (Å²) < 4.78 is 16.7. The van der Waals surface area contributed by atoms with Gasteiger partial charge in [0.1, 0.15) is 11.3 Å². The van der Waals surface area contributed by atoms with Crippen molar-refractivity contribution in [1.82, 2.24) is 24.3 Å². The van der Waals surface area contributed by atoms with E-state index in [1.54, 1.807) is 6.20 Å². The molecule has 0 spiro atoms. The summed E-state index contributed by atoms with van der Waals surface area (Å²) in [4.78, 5) is 15.9. The maximum atomic E-state index is 14.8. The van der Waals surface area contributed by atoms with Crippen molar-refractivity contribution >= 4 is 11.6 Å². The highest BCUT2D eigenvalue weighted by Gasteiger charge is 2.29. The molecule has 6 nitrogen and oxygen atoms in total. The lowest BCUT2D eigenvalue weighted by Gasteiger charge is -2.42. The largest absolute Gasteiger partial charge is 0.351 e. The van der Waals surface area contributed by atoms with Gasteiger partial charge in [0, 0.05) is 18.3 Å². The van der Waals surface area contributed by atoms with Crippen molar-refractivity contribution in [2.45, 2.75) is 44.2 Å². The van der Waals surface area contributed by atoms with Gasteiger partial charge in [0.15, 0.2) is 5.82 Å². The van der Waals surface area contributed by atoms with Crippen molar-refractivity contribution in [2.75, 3.05) is 18.4 Å². The first-order chi connectivity index (χ1) is 16.2. The number of imidazole rings is 1. The SMILES string of the molecule is Fc1cnc(N[C@H]2CC[C@H](N3CCC3)CC2)nc1-c1cnc2ccc(-c3ccccc3)cn12. The molecule has 6 rings (SSSR count). The topological polar surface area (TPSA) is 58.4 Å². The average molecular weight is 443 g/mol. The number of rotatable bonds is 5. The number of benzene rings is 1. The van der Waals surface area contributed by atoms with Gasteiger partial charge in [0.05, 0.1) is 18.1 Å². The Morgan fingerprint density at radius 1 is 0.879 bits per heavy atom. The Hall–Kier alpha value is -3.32. The van der Waals surface area contributed by atoms with Crippen molar-refractivity contribution in [3.05, 3.63) is 66.9 Å². The Morgan fingerprint density at radius 3 is 2.45 bits per heavy atom. The summed E-state index contributed by atoms with van der Waals surface area (Å²) in [6.07, 6.45) is 10.8. The minimum absolute atomic E-state index is 0.263.